The van der Waals surface area contributed by atoms with Gasteiger partial charge in [-0.15, -0.1) is 0 Å². The molecule has 0 N–H and O–H groups in total. The van der Waals surface area contributed by atoms with E-state index >= 15 is 0 Å². The standard InChI is InChI=1S/C12H11BrN2O/c1-8-3-4-14-12(5-8)15-9(2)11(13)6-10(15)7-16/h3-7H,1-2H3. The quantitative estimate of drug-likeness (QED) is 0.792. The van der Waals surface area contributed by atoms with Gasteiger partial charge in [0, 0.05) is 16.4 Å². The molecule has 2 rings (SSSR count). The topological polar surface area (TPSA) is 34.9 Å². The van der Waals surface area contributed by atoms with Gasteiger partial charge < -0.3 is 0 Å². The Balaban J connectivity index is 2.67. The summed E-state index contributed by atoms with van der Waals surface area (Å²) in [5.41, 5.74) is 2.69. The second-order valence-electron chi connectivity index (χ2n) is 3.65. The first-order valence-electron chi connectivity index (χ1n) is 4.89. The van der Waals surface area contributed by atoms with E-state index in [0.29, 0.717) is 5.69 Å². The first-order valence-corrected chi connectivity index (χ1v) is 5.69. The molecule has 0 saturated heterocycles. The summed E-state index contributed by atoms with van der Waals surface area (Å²) in [6.45, 7) is 3.95. The van der Waals surface area contributed by atoms with Crippen molar-refractivity contribution in [1.29, 1.82) is 0 Å². The number of aryl methyl sites for hydroxylation is 1. The number of carbonyl (C=O) groups is 1. The molecular weight excluding hydrogens is 268 g/mol. The lowest BCUT2D eigenvalue weighted by molar-refractivity contribution is 0.111. The fourth-order valence-electron chi connectivity index (χ4n) is 1.63. The van der Waals surface area contributed by atoms with Gasteiger partial charge in [0.05, 0.1) is 5.69 Å². The average Bonchev–Trinajstić information content (AvgIpc) is 2.55. The number of aldehydes is 1. The maximum absolute atomic E-state index is 11.0. The van der Waals surface area contributed by atoms with E-state index in [1.54, 1.807) is 12.3 Å². The third-order valence-electron chi connectivity index (χ3n) is 2.46. The molecule has 0 fully saturated rings. The highest BCUT2D eigenvalue weighted by atomic mass is 79.9. The van der Waals surface area contributed by atoms with Crippen LogP contribution in [0.15, 0.2) is 28.9 Å². The second-order valence-corrected chi connectivity index (χ2v) is 4.50. The van der Waals surface area contributed by atoms with Crippen LogP contribution < -0.4 is 0 Å². The molecule has 0 aliphatic carbocycles. The largest absolute Gasteiger partial charge is 0.296 e. The van der Waals surface area contributed by atoms with E-state index in [2.05, 4.69) is 20.9 Å². The maximum atomic E-state index is 11.0. The fourth-order valence-corrected chi connectivity index (χ4v) is 2.04. The number of aromatic nitrogens is 2. The Labute approximate surface area is 102 Å². The molecule has 0 atom stereocenters. The zero-order chi connectivity index (χ0) is 11.7. The number of carbonyl (C=O) groups excluding carboxylic acids is 1. The number of hydrogen-bond acceptors (Lipinski definition) is 2. The SMILES string of the molecule is Cc1ccnc(-n2c(C=O)cc(Br)c2C)c1. The van der Waals surface area contributed by atoms with E-state index in [4.69, 9.17) is 0 Å². The third-order valence-corrected chi connectivity index (χ3v) is 3.27. The van der Waals surface area contributed by atoms with Gasteiger partial charge in [0.25, 0.3) is 0 Å². The molecule has 0 aliphatic rings. The van der Waals surface area contributed by atoms with Crippen LogP contribution in [-0.4, -0.2) is 15.8 Å². The van der Waals surface area contributed by atoms with Gasteiger partial charge >= 0.3 is 0 Å². The van der Waals surface area contributed by atoms with E-state index in [0.717, 1.165) is 27.8 Å². The number of nitrogens with zero attached hydrogens (tertiary/aromatic N) is 2. The summed E-state index contributed by atoms with van der Waals surface area (Å²) in [5.74, 6) is 0.769. The third kappa shape index (κ3) is 1.80. The van der Waals surface area contributed by atoms with Crippen LogP contribution in [0.3, 0.4) is 0 Å². The van der Waals surface area contributed by atoms with Gasteiger partial charge in [0.15, 0.2) is 6.29 Å². The van der Waals surface area contributed by atoms with Crippen molar-refractivity contribution in [1.82, 2.24) is 9.55 Å². The molecule has 0 bridgehead atoms. The minimum atomic E-state index is 0.600. The summed E-state index contributed by atoms with van der Waals surface area (Å²) in [5, 5.41) is 0. The molecule has 0 spiro atoms. The van der Waals surface area contributed by atoms with E-state index in [1.807, 2.05) is 30.5 Å². The second kappa shape index (κ2) is 4.22. The Morgan fingerprint density at radius 1 is 1.38 bits per heavy atom. The van der Waals surface area contributed by atoms with Gasteiger partial charge in [-0.1, -0.05) is 0 Å². The summed E-state index contributed by atoms with van der Waals surface area (Å²) >= 11 is 3.42. The summed E-state index contributed by atoms with van der Waals surface area (Å²) in [4.78, 5) is 15.3. The molecule has 82 valence electrons. The molecule has 16 heavy (non-hydrogen) atoms. The summed E-state index contributed by atoms with van der Waals surface area (Å²) in [6, 6.07) is 5.68. The monoisotopic (exact) mass is 278 g/mol. The zero-order valence-electron chi connectivity index (χ0n) is 9.07. The van der Waals surface area contributed by atoms with Gasteiger partial charge in [0.1, 0.15) is 5.82 Å². The lowest BCUT2D eigenvalue weighted by Gasteiger charge is -2.07. The molecule has 0 aromatic carbocycles. The molecule has 2 aromatic rings. The fraction of sp³-hybridized carbons (Fsp3) is 0.167. The predicted molar refractivity (Wildman–Crippen MR) is 66.1 cm³/mol. The summed E-state index contributed by atoms with van der Waals surface area (Å²) in [6.07, 6.45) is 2.58. The van der Waals surface area contributed by atoms with Crippen LogP contribution in [0.4, 0.5) is 0 Å². The van der Waals surface area contributed by atoms with Crippen LogP contribution in [0.25, 0.3) is 5.82 Å². The van der Waals surface area contributed by atoms with Gasteiger partial charge in [-0.05, 0) is 53.5 Å². The van der Waals surface area contributed by atoms with E-state index in [9.17, 15) is 4.79 Å². The first-order chi connectivity index (χ1) is 7.63. The highest BCUT2D eigenvalue weighted by Crippen LogP contribution is 2.23. The van der Waals surface area contributed by atoms with Crippen molar-refractivity contribution in [3.63, 3.8) is 0 Å². The van der Waals surface area contributed by atoms with Crippen molar-refractivity contribution in [2.24, 2.45) is 0 Å². The molecule has 0 amide bonds. The van der Waals surface area contributed by atoms with Gasteiger partial charge in [-0.2, -0.15) is 0 Å². The lowest BCUT2D eigenvalue weighted by atomic mass is 10.3. The van der Waals surface area contributed by atoms with Crippen molar-refractivity contribution in [2.75, 3.05) is 0 Å². The smallest absolute Gasteiger partial charge is 0.166 e. The Bertz CT molecular complexity index is 546. The van der Waals surface area contributed by atoms with Crippen LogP contribution >= 0.6 is 15.9 Å². The first kappa shape index (κ1) is 11.1. The van der Waals surface area contributed by atoms with Crippen LogP contribution in [0.1, 0.15) is 21.7 Å². The molecule has 0 unspecified atom stereocenters. The average molecular weight is 279 g/mol. The highest BCUT2D eigenvalue weighted by molar-refractivity contribution is 9.10. The minimum absolute atomic E-state index is 0.600. The predicted octanol–water partition coefficient (Wildman–Crippen LogP) is 3.06. The van der Waals surface area contributed by atoms with Gasteiger partial charge in [0.2, 0.25) is 0 Å². The van der Waals surface area contributed by atoms with Gasteiger partial charge in [-0.3, -0.25) is 9.36 Å². The Kier molecular flexibility index (Phi) is 2.92. The number of halogens is 1. The van der Waals surface area contributed by atoms with Crippen molar-refractivity contribution >= 4 is 22.2 Å². The minimum Gasteiger partial charge on any atom is -0.296 e. The van der Waals surface area contributed by atoms with E-state index in [-0.39, 0.29) is 0 Å². The Morgan fingerprint density at radius 2 is 2.12 bits per heavy atom. The van der Waals surface area contributed by atoms with Crippen LogP contribution in [-0.2, 0) is 0 Å². The van der Waals surface area contributed by atoms with Crippen LogP contribution in [0, 0.1) is 13.8 Å². The number of rotatable bonds is 2. The normalized spacial score (nSPS) is 10.4. The summed E-state index contributed by atoms with van der Waals surface area (Å²) in [7, 11) is 0. The zero-order valence-corrected chi connectivity index (χ0v) is 10.7. The Hall–Kier alpha value is -1.42. The van der Waals surface area contributed by atoms with E-state index < -0.39 is 0 Å². The molecule has 0 radical (unpaired) electrons. The maximum Gasteiger partial charge on any atom is 0.166 e. The number of pyridine rings is 1. The van der Waals surface area contributed by atoms with Crippen molar-refractivity contribution in [2.45, 2.75) is 13.8 Å². The van der Waals surface area contributed by atoms with Crippen molar-refractivity contribution < 1.29 is 4.79 Å². The molecule has 4 heteroatoms. The van der Waals surface area contributed by atoms with Gasteiger partial charge in [-0.25, -0.2) is 4.98 Å². The van der Waals surface area contributed by atoms with Crippen molar-refractivity contribution in [3.05, 3.63) is 45.8 Å². The van der Waals surface area contributed by atoms with Crippen molar-refractivity contribution in [3.8, 4) is 5.82 Å². The van der Waals surface area contributed by atoms with E-state index in [1.165, 1.54) is 0 Å². The lowest BCUT2D eigenvalue weighted by Crippen LogP contribution is -2.03. The molecule has 3 nitrogen and oxygen atoms in total. The molecule has 0 saturated carbocycles. The molecule has 2 heterocycles. The highest BCUT2D eigenvalue weighted by Gasteiger charge is 2.11. The Morgan fingerprint density at radius 3 is 2.75 bits per heavy atom. The van der Waals surface area contributed by atoms with Crippen LogP contribution in [0.5, 0.6) is 0 Å². The summed E-state index contributed by atoms with van der Waals surface area (Å²) < 4.78 is 2.75. The van der Waals surface area contributed by atoms with Crippen LogP contribution in [0.2, 0.25) is 0 Å². The number of hydrogen-bond donors (Lipinski definition) is 0. The molecular formula is C12H11BrN2O. The molecule has 2 aromatic heterocycles. The molecule has 0 aliphatic heterocycles.